The highest BCUT2D eigenvalue weighted by molar-refractivity contribution is 6.29. The maximum absolute atomic E-state index is 12.9. The highest BCUT2D eigenvalue weighted by atomic mass is 16.3. The second-order valence-corrected chi connectivity index (χ2v) is 6.34. The minimum atomic E-state index is -0.247. The van der Waals surface area contributed by atoms with Crippen LogP contribution in [0.1, 0.15) is 56.3 Å². The Morgan fingerprint density at radius 1 is 1.05 bits per heavy atom. The molecule has 2 aromatic rings. The molecule has 1 unspecified atom stereocenters. The highest BCUT2D eigenvalue weighted by Gasteiger charge is 2.36. The Balaban J connectivity index is 2.04. The summed E-state index contributed by atoms with van der Waals surface area (Å²) in [6.45, 7) is 2.16. The van der Waals surface area contributed by atoms with Crippen LogP contribution in [0.15, 0.2) is 30.3 Å². The number of aromatic hydroxyl groups is 1. The zero-order valence-electron chi connectivity index (χ0n) is 12.3. The van der Waals surface area contributed by atoms with E-state index in [0.29, 0.717) is 22.6 Å². The number of benzene rings is 2. The van der Waals surface area contributed by atoms with Crippen molar-refractivity contribution in [3.8, 4) is 5.75 Å². The molecule has 2 aliphatic carbocycles. The number of hydrogen-bond donors (Lipinski definition) is 1. The molecule has 0 saturated heterocycles. The molecule has 0 aliphatic heterocycles. The Bertz CT molecular complexity index is 833. The quantitative estimate of drug-likeness (QED) is 0.691. The third kappa shape index (κ3) is 1.68. The van der Waals surface area contributed by atoms with E-state index in [0.717, 1.165) is 30.4 Å². The van der Waals surface area contributed by atoms with Crippen molar-refractivity contribution in [3.63, 3.8) is 0 Å². The van der Waals surface area contributed by atoms with Crippen LogP contribution in [0.4, 0.5) is 0 Å². The number of hydrogen-bond acceptors (Lipinski definition) is 3. The Kier molecular flexibility index (Phi) is 2.73. The maximum Gasteiger partial charge on any atom is 0.198 e. The molecule has 2 aromatic carbocycles. The van der Waals surface area contributed by atoms with E-state index in [2.05, 4.69) is 6.92 Å². The van der Waals surface area contributed by atoms with Gasteiger partial charge in [0.1, 0.15) is 5.75 Å². The van der Waals surface area contributed by atoms with Gasteiger partial charge in [0.25, 0.3) is 0 Å². The number of aryl methyl sites for hydroxylation is 1. The molecule has 110 valence electrons. The molecule has 0 spiro atoms. The van der Waals surface area contributed by atoms with E-state index in [1.165, 1.54) is 0 Å². The van der Waals surface area contributed by atoms with Crippen LogP contribution in [0.2, 0.25) is 0 Å². The lowest BCUT2D eigenvalue weighted by atomic mass is 9.75. The van der Waals surface area contributed by atoms with Crippen LogP contribution in [-0.2, 0) is 12.8 Å². The van der Waals surface area contributed by atoms with Crippen LogP contribution in [0.25, 0.3) is 0 Å². The predicted molar refractivity (Wildman–Crippen MR) is 82.6 cm³/mol. The van der Waals surface area contributed by atoms with Crippen molar-refractivity contribution in [2.45, 2.75) is 26.2 Å². The van der Waals surface area contributed by atoms with Gasteiger partial charge >= 0.3 is 0 Å². The monoisotopic (exact) mass is 292 g/mol. The van der Waals surface area contributed by atoms with E-state index < -0.39 is 0 Å². The lowest BCUT2D eigenvalue weighted by Gasteiger charge is -2.28. The zero-order valence-corrected chi connectivity index (χ0v) is 12.3. The van der Waals surface area contributed by atoms with Gasteiger partial charge in [0.05, 0.1) is 5.56 Å². The Morgan fingerprint density at radius 2 is 1.68 bits per heavy atom. The van der Waals surface area contributed by atoms with Gasteiger partial charge in [0.15, 0.2) is 11.6 Å². The largest absolute Gasteiger partial charge is 0.507 e. The van der Waals surface area contributed by atoms with Crippen molar-refractivity contribution >= 4 is 11.6 Å². The molecule has 3 heteroatoms. The summed E-state index contributed by atoms with van der Waals surface area (Å²) in [4.78, 5) is 25.7. The average molecular weight is 292 g/mol. The number of phenolic OH excluding ortho intramolecular Hbond substituents is 1. The first kappa shape index (κ1) is 13.3. The molecule has 2 aliphatic rings. The molecule has 0 bridgehead atoms. The minimum Gasteiger partial charge on any atom is -0.507 e. The first-order valence-corrected chi connectivity index (χ1v) is 7.64. The van der Waals surface area contributed by atoms with Crippen LogP contribution in [0.5, 0.6) is 5.75 Å². The molecule has 1 N–H and O–H groups in total. The molecular formula is C19H16O3. The van der Waals surface area contributed by atoms with E-state index in [1.54, 1.807) is 30.3 Å². The van der Waals surface area contributed by atoms with Crippen molar-refractivity contribution in [3.05, 3.63) is 63.7 Å². The van der Waals surface area contributed by atoms with Gasteiger partial charge in [0.2, 0.25) is 0 Å². The summed E-state index contributed by atoms with van der Waals surface area (Å²) in [6.07, 6.45) is 2.68. The molecule has 0 aromatic heterocycles. The fraction of sp³-hybridized carbons (Fsp3) is 0.263. The molecular weight excluding hydrogens is 276 g/mol. The van der Waals surface area contributed by atoms with Crippen LogP contribution >= 0.6 is 0 Å². The van der Waals surface area contributed by atoms with Gasteiger partial charge in [-0.1, -0.05) is 31.2 Å². The van der Waals surface area contributed by atoms with Crippen molar-refractivity contribution in [2.75, 3.05) is 0 Å². The van der Waals surface area contributed by atoms with Gasteiger partial charge in [-0.05, 0) is 42.4 Å². The summed E-state index contributed by atoms with van der Waals surface area (Å²) >= 11 is 0. The van der Waals surface area contributed by atoms with Gasteiger partial charge in [-0.15, -0.1) is 0 Å². The number of phenols is 1. The lowest BCUT2D eigenvalue weighted by Crippen LogP contribution is -2.25. The summed E-state index contributed by atoms with van der Waals surface area (Å²) < 4.78 is 0. The minimum absolute atomic E-state index is 0.0591. The van der Waals surface area contributed by atoms with E-state index in [1.807, 2.05) is 0 Å². The summed E-state index contributed by atoms with van der Waals surface area (Å²) in [5.74, 6) is 0.0487. The number of fused-ring (bicyclic) bond motifs is 4. The van der Waals surface area contributed by atoms with E-state index in [-0.39, 0.29) is 22.9 Å². The van der Waals surface area contributed by atoms with E-state index in [4.69, 9.17) is 0 Å². The van der Waals surface area contributed by atoms with Crippen LogP contribution in [0, 0.1) is 5.92 Å². The third-order valence-corrected chi connectivity index (χ3v) is 4.84. The Labute approximate surface area is 128 Å². The topological polar surface area (TPSA) is 54.4 Å². The summed E-state index contributed by atoms with van der Waals surface area (Å²) in [5, 5.41) is 10.3. The third-order valence-electron chi connectivity index (χ3n) is 4.84. The predicted octanol–water partition coefficient (Wildman–Crippen LogP) is 3.29. The molecule has 4 rings (SSSR count). The van der Waals surface area contributed by atoms with E-state index in [9.17, 15) is 14.7 Å². The second kappa shape index (κ2) is 4.54. The number of carbonyl (C=O) groups is 2. The maximum atomic E-state index is 12.9. The van der Waals surface area contributed by atoms with Crippen molar-refractivity contribution in [2.24, 2.45) is 5.92 Å². The molecule has 0 amide bonds. The van der Waals surface area contributed by atoms with Gasteiger partial charge in [-0.2, -0.15) is 0 Å². The first-order valence-electron chi connectivity index (χ1n) is 7.64. The molecule has 0 saturated carbocycles. The number of ketones is 2. The Hall–Kier alpha value is -2.42. The molecule has 0 heterocycles. The number of carbonyl (C=O) groups excluding carboxylic acids is 2. The standard InChI is InChI=1S/C19H16O3/c1-10-6-7-11-9-15(20)17-16(14(11)8-10)18(21)12-4-2-3-5-13(12)19(17)22/h2-5,9-10,20H,6-8H2,1H3. The average Bonchev–Trinajstić information content (AvgIpc) is 2.52. The normalized spacial score (nSPS) is 19.4. The summed E-state index contributed by atoms with van der Waals surface area (Å²) in [5.41, 5.74) is 3.43. The van der Waals surface area contributed by atoms with Gasteiger partial charge in [0, 0.05) is 16.7 Å². The summed E-state index contributed by atoms with van der Waals surface area (Å²) in [7, 11) is 0. The van der Waals surface area contributed by atoms with Crippen molar-refractivity contribution in [1.82, 2.24) is 0 Å². The van der Waals surface area contributed by atoms with Gasteiger partial charge in [-0.3, -0.25) is 9.59 Å². The van der Waals surface area contributed by atoms with Crippen LogP contribution < -0.4 is 0 Å². The summed E-state index contributed by atoms with van der Waals surface area (Å²) in [6, 6.07) is 8.54. The van der Waals surface area contributed by atoms with E-state index >= 15 is 0 Å². The van der Waals surface area contributed by atoms with Crippen molar-refractivity contribution in [1.29, 1.82) is 0 Å². The molecule has 0 fully saturated rings. The molecule has 1 atom stereocenters. The van der Waals surface area contributed by atoms with Gasteiger partial charge < -0.3 is 5.11 Å². The molecule has 3 nitrogen and oxygen atoms in total. The fourth-order valence-corrected chi connectivity index (χ4v) is 3.70. The lowest BCUT2D eigenvalue weighted by molar-refractivity contribution is 0.0975. The Morgan fingerprint density at radius 3 is 2.36 bits per heavy atom. The molecule has 22 heavy (non-hydrogen) atoms. The van der Waals surface area contributed by atoms with Crippen LogP contribution in [0.3, 0.4) is 0 Å². The van der Waals surface area contributed by atoms with Crippen molar-refractivity contribution < 1.29 is 14.7 Å². The fourth-order valence-electron chi connectivity index (χ4n) is 3.70. The zero-order chi connectivity index (χ0) is 15.4. The van der Waals surface area contributed by atoms with Gasteiger partial charge in [-0.25, -0.2) is 0 Å². The first-order chi connectivity index (χ1) is 10.6. The highest BCUT2D eigenvalue weighted by Crippen LogP contribution is 2.40. The smallest absolute Gasteiger partial charge is 0.198 e. The second-order valence-electron chi connectivity index (χ2n) is 6.34. The SMILES string of the molecule is CC1CCc2cc(O)c3c(c2C1)C(=O)c1ccccc1C3=O. The molecule has 0 radical (unpaired) electrons. The van der Waals surface area contributed by atoms with Crippen LogP contribution in [-0.4, -0.2) is 16.7 Å². The number of rotatable bonds is 0.